The summed E-state index contributed by atoms with van der Waals surface area (Å²) >= 11 is 0. The Kier molecular flexibility index (Phi) is 4.95. The van der Waals surface area contributed by atoms with Crippen molar-refractivity contribution in [1.29, 1.82) is 0 Å². The van der Waals surface area contributed by atoms with E-state index in [9.17, 15) is 4.79 Å². The molecule has 0 spiro atoms. The molecule has 2 atom stereocenters. The topological polar surface area (TPSA) is 26.3 Å². The quantitative estimate of drug-likeness (QED) is 0.609. The van der Waals surface area contributed by atoms with Gasteiger partial charge in [-0.1, -0.05) is 27.7 Å². The molecular formula is C10H20O2. The zero-order chi connectivity index (χ0) is 9.72. The molecule has 0 amide bonds. The Morgan fingerprint density at radius 3 is 2.08 bits per heavy atom. The molecule has 2 nitrogen and oxygen atoms in total. The minimum Gasteiger partial charge on any atom is -0.462 e. The predicted octanol–water partition coefficient (Wildman–Crippen LogP) is 2.62. The van der Waals surface area contributed by atoms with Gasteiger partial charge >= 0.3 is 5.97 Å². The molecule has 0 N–H and O–H groups in total. The Morgan fingerprint density at radius 1 is 1.25 bits per heavy atom. The van der Waals surface area contributed by atoms with Gasteiger partial charge in [0.05, 0.1) is 0 Å². The van der Waals surface area contributed by atoms with Gasteiger partial charge in [0.25, 0.3) is 0 Å². The fourth-order valence-electron chi connectivity index (χ4n) is 0.940. The summed E-state index contributed by atoms with van der Waals surface area (Å²) in [6.07, 6.45) is 0.507. The van der Waals surface area contributed by atoms with E-state index in [4.69, 9.17) is 4.74 Å². The Labute approximate surface area is 75.3 Å². The van der Waals surface area contributed by atoms with Crippen molar-refractivity contribution in [2.24, 2.45) is 11.8 Å². The summed E-state index contributed by atoms with van der Waals surface area (Å²) in [5.74, 6) is 0.889. The lowest BCUT2D eigenvalue weighted by Crippen LogP contribution is -2.25. The third-order valence-corrected chi connectivity index (χ3v) is 2.40. The Hall–Kier alpha value is -0.530. The van der Waals surface area contributed by atoms with E-state index < -0.39 is 0 Å². The van der Waals surface area contributed by atoms with Crippen molar-refractivity contribution in [1.82, 2.24) is 0 Å². The normalized spacial score (nSPS) is 15.8. The number of carbonyl (C=O) groups excluding carboxylic acids is 1. The molecule has 0 aliphatic rings. The average molecular weight is 172 g/mol. The van der Waals surface area contributed by atoms with Crippen LogP contribution in [-0.2, 0) is 9.53 Å². The molecule has 0 radical (unpaired) electrons. The number of rotatable bonds is 4. The predicted molar refractivity (Wildman–Crippen MR) is 49.8 cm³/mol. The molecule has 0 aromatic heterocycles. The first-order valence-corrected chi connectivity index (χ1v) is 4.68. The monoisotopic (exact) mass is 172 g/mol. The van der Waals surface area contributed by atoms with E-state index in [1.165, 1.54) is 0 Å². The number of ether oxygens (including phenoxy) is 1. The molecule has 72 valence electrons. The van der Waals surface area contributed by atoms with Crippen LogP contribution in [0.2, 0.25) is 0 Å². The van der Waals surface area contributed by atoms with Crippen LogP contribution in [0.3, 0.4) is 0 Å². The summed E-state index contributed by atoms with van der Waals surface area (Å²) in [5.41, 5.74) is 0. The maximum atomic E-state index is 10.9. The summed E-state index contributed by atoms with van der Waals surface area (Å²) < 4.78 is 5.18. The van der Waals surface area contributed by atoms with Gasteiger partial charge in [0.15, 0.2) is 0 Å². The van der Waals surface area contributed by atoms with Crippen LogP contribution in [0.15, 0.2) is 0 Å². The number of esters is 1. The first kappa shape index (κ1) is 11.5. The SMILES string of the molecule is CCC(=O)OC(C)C(C)C(C)C. The van der Waals surface area contributed by atoms with E-state index in [0.29, 0.717) is 18.3 Å². The fourth-order valence-corrected chi connectivity index (χ4v) is 0.940. The maximum absolute atomic E-state index is 10.9. The van der Waals surface area contributed by atoms with Crippen molar-refractivity contribution < 1.29 is 9.53 Å². The third-order valence-electron chi connectivity index (χ3n) is 2.40. The molecule has 0 aromatic rings. The van der Waals surface area contributed by atoms with Crippen molar-refractivity contribution in [3.05, 3.63) is 0 Å². The number of hydrogen-bond donors (Lipinski definition) is 0. The van der Waals surface area contributed by atoms with Crippen LogP contribution >= 0.6 is 0 Å². The summed E-state index contributed by atoms with van der Waals surface area (Å²) in [7, 11) is 0. The van der Waals surface area contributed by atoms with Crippen LogP contribution in [-0.4, -0.2) is 12.1 Å². The molecule has 0 fully saturated rings. The van der Waals surface area contributed by atoms with Gasteiger partial charge in [0.2, 0.25) is 0 Å². The smallest absolute Gasteiger partial charge is 0.305 e. The molecule has 0 bridgehead atoms. The molecule has 2 unspecified atom stereocenters. The summed E-state index contributed by atoms with van der Waals surface area (Å²) in [5, 5.41) is 0. The highest BCUT2D eigenvalue weighted by atomic mass is 16.5. The van der Waals surface area contributed by atoms with Gasteiger partial charge in [-0.3, -0.25) is 4.79 Å². The maximum Gasteiger partial charge on any atom is 0.305 e. The minimum absolute atomic E-state index is 0.0393. The van der Waals surface area contributed by atoms with Gasteiger partial charge in [0.1, 0.15) is 6.10 Å². The average Bonchev–Trinajstić information content (AvgIpc) is 2.02. The van der Waals surface area contributed by atoms with E-state index >= 15 is 0 Å². The Bertz CT molecular complexity index is 141. The molecule has 0 rings (SSSR count). The minimum atomic E-state index is -0.102. The summed E-state index contributed by atoms with van der Waals surface area (Å²) in [6, 6.07) is 0. The van der Waals surface area contributed by atoms with Crippen molar-refractivity contribution in [3.8, 4) is 0 Å². The lowest BCUT2D eigenvalue weighted by molar-refractivity contribution is -0.150. The molecule has 2 heteroatoms. The molecule has 0 aromatic carbocycles. The van der Waals surface area contributed by atoms with E-state index in [1.54, 1.807) is 0 Å². The van der Waals surface area contributed by atoms with E-state index in [2.05, 4.69) is 20.8 Å². The second-order valence-corrected chi connectivity index (χ2v) is 3.65. The highest BCUT2D eigenvalue weighted by molar-refractivity contribution is 5.69. The van der Waals surface area contributed by atoms with Gasteiger partial charge in [-0.25, -0.2) is 0 Å². The highest BCUT2D eigenvalue weighted by Crippen LogP contribution is 2.17. The van der Waals surface area contributed by atoms with Crippen LogP contribution in [0.5, 0.6) is 0 Å². The standard InChI is InChI=1S/C10H20O2/c1-6-10(11)12-9(5)8(4)7(2)3/h7-9H,6H2,1-5H3. The van der Waals surface area contributed by atoms with Crippen molar-refractivity contribution in [3.63, 3.8) is 0 Å². The zero-order valence-electron chi connectivity index (χ0n) is 8.76. The first-order valence-electron chi connectivity index (χ1n) is 4.68. The molecule has 0 heterocycles. The second kappa shape index (κ2) is 5.18. The summed E-state index contributed by atoms with van der Waals surface area (Å²) in [6.45, 7) is 10.2. The van der Waals surface area contributed by atoms with Crippen molar-refractivity contribution >= 4 is 5.97 Å². The second-order valence-electron chi connectivity index (χ2n) is 3.65. The number of hydrogen-bond acceptors (Lipinski definition) is 2. The third kappa shape index (κ3) is 3.74. The van der Waals surface area contributed by atoms with Gasteiger partial charge < -0.3 is 4.74 Å². The Morgan fingerprint density at radius 2 is 1.75 bits per heavy atom. The van der Waals surface area contributed by atoms with Crippen molar-refractivity contribution in [2.45, 2.75) is 47.1 Å². The summed E-state index contributed by atoms with van der Waals surface area (Å²) in [4.78, 5) is 10.9. The van der Waals surface area contributed by atoms with Crippen LogP contribution in [0, 0.1) is 11.8 Å². The number of carbonyl (C=O) groups is 1. The lowest BCUT2D eigenvalue weighted by atomic mass is 9.93. The van der Waals surface area contributed by atoms with E-state index in [0.717, 1.165) is 0 Å². The lowest BCUT2D eigenvalue weighted by Gasteiger charge is -2.23. The fraction of sp³-hybridized carbons (Fsp3) is 0.900. The van der Waals surface area contributed by atoms with Crippen LogP contribution in [0.4, 0.5) is 0 Å². The molecule has 0 aliphatic carbocycles. The van der Waals surface area contributed by atoms with Crippen LogP contribution < -0.4 is 0 Å². The van der Waals surface area contributed by atoms with Crippen molar-refractivity contribution in [2.75, 3.05) is 0 Å². The van der Waals surface area contributed by atoms with Gasteiger partial charge in [-0.05, 0) is 18.8 Å². The molecule has 0 aliphatic heterocycles. The Balaban J connectivity index is 3.86. The van der Waals surface area contributed by atoms with E-state index in [1.807, 2.05) is 13.8 Å². The van der Waals surface area contributed by atoms with Gasteiger partial charge in [0, 0.05) is 6.42 Å². The largest absolute Gasteiger partial charge is 0.462 e. The van der Waals surface area contributed by atoms with E-state index in [-0.39, 0.29) is 12.1 Å². The first-order chi connectivity index (χ1) is 5.49. The molecule has 0 saturated carbocycles. The molecular weight excluding hydrogens is 152 g/mol. The van der Waals surface area contributed by atoms with Crippen LogP contribution in [0.25, 0.3) is 0 Å². The van der Waals surface area contributed by atoms with Crippen LogP contribution in [0.1, 0.15) is 41.0 Å². The molecule has 0 saturated heterocycles. The zero-order valence-corrected chi connectivity index (χ0v) is 8.76. The highest BCUT2D eigenvalue weighted by Gasteiger charge is 2.18. The molecule has 12 heavy (non-hydrogen) atoms. The van der Waals surface area contributed by atoms with Gasteiger partial charge in [-0.2, -0.15) is 0 Å². The van der Waals surface area contributed by atoms with Gasteiger partial charge in [-0.15, -0.1) is 0 Å².